The van der Waals surface area contributed by atoms with E-state index in [1.807, 2.05) is 30.0 Å². The molecular weight excluding hydrogens is 318 g/mol. The van der Waals surface area contributed by atoms with Gasteiger partial charge in [-0.05, 0) is 41.8 Å². The van der Waals surface area contributed by atoms with Gasteiger partial charge in [0.15, 0.2) is 0 Å². The summed E-state index contributed by atoms with van der Waals surface area (Å²) in [5.41, 5.74) is 2.62. The summed E-state index contributed by atoms with van der Waals surface area (Å²) in [7, 11) is 1.61. The average Bonchev–Trinajstić information content (AvgIpc) is 2.62. The zero-order chi connectivity index (χ0) is 18.0. The maximum absolute atomic E-state index is 12.4. The van der Waals surface area contributed by atoms with Crippen LogP contribution < -0.4 is 10.9 Å². The molecule has 1 aliphatic rings. The third-order valence-corrected chi connectivity index (χ3v) is 4.50. The van der Waals surface area contributed by atoms with Gasteiger partial charge in [-0.3, -0.25) is 14.4 Å². The minimum Gasteiger partial charge on any atom is -0.338 e. The van der Waals surface area contributed by atoms with Crippen LogP contribution in [0, 0.1) is 0 Å². The van der Waals surface area contributed by atoms with Crippen molar-refractivity contribution in [2.24, 2.45) is 7.05 Å². The third-order valence-electron chi connectivity index (χ3n) is 4.50. The first kappa shape index (κ1) is 17.0. The molecule has 3 rings (SSSR count). The molecule has 0 fully saturated rings. The van der Waals surface area contributed by atoms with Crippen molar-refractivity contribution in [2.45, 2.75) is 26.3 Å². The summed E-state index contributed by atoms with van der Waals surface area (Å²) in [5.74, 6) is -0.300. The first-order valence-corrected chi connectivity index (χ1v) is 8.36. The molecule has 1 N–H and O–H groups in total. The third kappa shape index (κ3) is 3.47. The highest BCUT2D eigenvalue weighted by molar-refractivity contribution is 6.04. The van der Waals surface area contributed by atoms with Gasteiger partial charge >= 0.3 is 0 Å². The smallest absolute Gasteiger partial charge is 0.263 e. The number of pyridine rings is 1. The van der Waals surface area contributed by atoms with E-state index in [9.17, 15) is 14.4 Å². The summed E-state index contributed by atoms with van der Waals surface area (Å²) in [6, 6.07) is 8.87. The number of amides is 2. The maximum atomic E-state index is 12.4. The first-order chi connectivity index (χ1) is 12.0. The van der Waals surface area contributed by atoms with E-state index in [1.165, 1.54) is 16.2 Å². The second-order valence-electron chi connectivity index (χ2n) is 6.19. The molecule has 0 aliphatic carbocycles. The average molecular weight is 339 g/mol. The molecule has 25 heavy (non-hydrogen) atoms. The Bertz CT molecular complexity index is 886. The molecule has 6 heteroatoms. The second-order valence-corrected chi connectivity index (χ2v) is 6.19. The molecular formula is C19H21N3O3. The molecule has 2 heterocycles. The normalized spacial score (nSPS) is 13.3. The number of carbonyl (C=O) groups is 2. The Balaban J connectivity index is 1.81. The molecule has 1 aromatic heterocycles. The van der Waals surface area contributed by atoms with Crippen LogP contribution in [0.1, 0.15) is 34.8 Å². The fourth-order valence-electron chi connectivity index (χ4n) is 3.04. The van der Waals surface area contributed by atoms with Gasteiger partial charge in [0, 0.05) is 38.4 Å². The Morgan fingerprint density at radius 2 is 2.00 bits per heavy atom. The molecule has 2 aromatic rings. The van der Waals surface area contributed by atoms with Gasteiger partial charge in [0.1, 0.15) is 5.56 Å². The molecule has 0 bridgehead atoms. The molecule has 0 radical (unpaired) electrons. The standard InChI is InChI=1S/C19H21N3O3/c1-3-17(23)22-10-8-13-6-7-15(11-14(13)12-22)20-18(24)16-5-4-9-21(2)19(16)25/h4-7,9,11H,3,8,10,12H2,1-2H3,(H,20,24). The summed E-state index contributed by atoms with van der Waals surface area (Å²) in [6.45, 7) is 3.14. The van der Waals surface area contributed by atoms with Crippen LogP contribution in [0.2, 0.25) is 0 Å². The van der Waals surface area contributed by atoms with Gasteiger partial charge in [0.25, 0.3) is 11.5 Å². The van der Waals surface area contributed by atoms with E-state index in [0.29, 0.717) is 18.7 Å². The van der Waals surface area contributed by atoms with Crippen molar-refractivity contribution >= 4 is 17.5 Å². The van der Waals surface area contributed by atoms with Gasteiger partial charge in [-0.2, -0.15) is 0 Å². The second kappa shape index (κ2) is 6.93. The molecule has 130 valence electrons. The van der Waals surface area contributed by atoms with E-state index in [2.05, 4.69) is 5.32 Å². The van der Waals surface area contributed by atoms with E-state index in [1.54, 1.807) is 19.3 Å². The van der Waals surface area contributed by atoms with E-state index in [0.717, 1.165) is 18.5 Å². The van der Waals surface area contributed by atoms with Crippen LogP contribution in [0.4, 0.5) is 5.69 Å². The lowest BCUT2D eigenvalue weighted by Gasteiger charge is -2.29. The molecule has 0 saturated heterocycles. The first-order valence-electron chi connectivity index (χ1n) is 8.36. The minimum absolute atomic E-state index is 0.102. The number of anilines is 1. The van der Waals surface area contributed by atoms with Crippen LogP contribution >= 0.6 is 0 Å². The molecule has 0 spiro atoms. The summed E-state index contributed by atoms with van der Waals surface area (Å²) in [5, 5.41) is 2.78. The van der Waals surface area contributed by atoms with Crippen LogP contribution in [0.25, 0.3) is 0 Å². The molecule has 1 aliphatic heterocycles. The zero-order valence-corrected chi connectivity index (χ0v) is 14.4. The summed E-state index contributed by atoms with van der Waals surface area (Å²) >= 11 is 0. The Hall–Kier alpha value is -2.89. The number of aromatic nitrogens is 1. The van der Waals surface area contributed by atoms with Crippen molar-refractivity contribution in [1.82, 2.24) is 9.47 Å². The summed E-state index contributed by atoms with van der Waals surface area (Å²) in [6.07, 6.45) is 2.91. The van der Waals surface area contributed by atoms with Crippen molar-refractivity contribution in [3.8, 4) is 0 Å². The predicted octanol–water partition coefficient (Wildman–Crippen LogP) is 1.93. The molecule has 0 saturated carbocycles. The number of nitrogens with one attached hydrogen (secondary N) is 1. The van der Waals surface area contributed by atoms with Crippen molar-refractivity contribution in [1.29, 1.82) is 0 Å². The zero-order valence-electron chi connectivity index (χ0n) is 14.4. The Kier molecular flexibility index (Phi) is 4.70. The highest BCUT2D eigenvalue weighted by Gasteiger charge is 2.20. The molecule has 2 amide bonds. The van der Waals surface area contributed by atoms with Crippen LogP contribution in [0.15, 0.2) is 41.3 Å². The van der Waals surface area contributed by atoms with Gasteiger partial charge < -0.3 is 14.8 Å². The quantitative estimate of drug-likeness (QED) is 0.929. The fourth-order valence-corrected chi connectivity index (χ4v) is 3.04. The Morgan fingerprint density at radius 1 is 1.20 bits per heavy atom. The van der Waals surface area contributed by atoms with Crippen molar-refractivity contribution < 1.29 is 9.59 Å². The predicted molar refractivity (Wildman–Crippen MR) is 95.5 cm³/mol. The van der Waals surface area contributed by atoms with Crippen LogP contribution in [0.5, 0.6) is 0 Å². The highest BCUT2D eigenvalue weighted by atomic mass is 16.2. The number of aryl methyl sites for hydroxylation is 1. The van der Waals surface area contributed by atoms with E-state index >= 15 is 0 Å². The number of hydrogen-bond donors (Lipinski definition) is 1. The number of fused-ring (bicyclic) bond motifs is 1. The van der Waals surface area contributed by atoms with Crippen LogP contribution in [-0.2, 0) is 24.8 Å². The van der Waals surface area contributed by atoms with Crippen molar-refractivity contribution in [2.75, 3.05) is 11.9 Å². The molecule has 0 unspecified atom stereocenters. The van der Waals surface area contributed by atoms with Crippen LogP contribution in [0.3, 0.4) is 0 Å². The summed E-state index contributed by atoms with van der Waals surface area (Å²) in [4.78, 5) is 38.2. The largest absolute Gasteiger partial charge is 0.338 e. The Labute approximate surface area is 146 Å². The van der Waals surface area contributed by atoms with Crippen molar-refractivity contribution in [3.63, 3.8) is 0 Å². The number of benzene rings is 1. The monoisotopic (exact) mass is 339 g/mol. The molecule has 0 atom stereocenters. The maximum Gasteiger partial charge on any atom is 0.263 e. The van der Waals surface area contributed by atoms with E-state index < -0.39 is 5.91 Å². The minimum atomic E-state index is -0.432. The lowest BCUT2D eigenvalue weighted by atomic mass is 9.98. The van der Waals surface area contributed by atoms with Gasteiger partial charge in [0.2, 0.25) is 5.91 Å². The number of carbonyl (C=O) groups excluding carboxylic acids is 2. The van der Waals surface area contributed by atoms with E-state index in [-0.39, 0.29) is 17.0 Å². The fraction of sp³-hybridized carbons (Fsp3) is 0.316. The van der Waals surface area contributed by atoms with E-state index in [4.69, 9.17) is 0 Å². The van der Waals surface area contributed by atoms with Gasteiger partial charge in [0.05, 0.1) is 0 Å². The van der Waals surface area contributed by atoms with Crippen LogP contribution in [-0.4, -0.2) is 27.8 Å². The van der Waals surface area contributed by atoms with Gasteiger partial charge in [-0.15, -0.1) is 0 Å². The van der Waals surface area contributed by atoms with Crippen molar-refractivity contribution in [3.05, 3.63) is 63.6 Å². The topological polar surface area (TPSA) is 71.4 Å². The lowest BCUT2D eigenvalue weighted by Crippen LogP contribution is -2.35. The highest BCUT2D eigenvalue weighted by Crippen LogP contribution is 2.23. The molecule has 6 nitrogen and oxygen atoms in total. The molecule has 1 aromatic carbocycles. The summed E-state index contributed by atoms with van der Waals surface area (Å²) < 4.78 is 1.37. The Morgan fingerprint density at radius 3 is 2.76 bits per heavy atom. The number of hydrogen-bond acceptors (Lipinski definition) is 3. The lowest BCUT2D eigenvalue weighted by molar-refractivity contribution is -0.131. The number of rotatable bonds is 3. The van der Waals surface area contributed by atoms with Gasteiger partial charge in [-0.25, -0.2) is 0 Å². The SMILES string of the molecule is CCC(=O)N1CCc2ccc(NC(=O)c3cccn(C)c3=O)cc2C1. The van der Waals surface area contributed by atoms with Gasteiger partial charge in [-0.1, -0.05) is 13.0 Å². The number of nitrogens with zero attached hydrogens (tertiary/aromatic N) is 2.